The molecule has 0 spiro atoms. The van der Waals surface area contributed by atoms with Crippen LogP contribution in [-0.2, 0) is 14.3 Å². The van der Waals surface area contributed by atoms with Gasteiger partial charge in [-0.2, -0.15) is 0 Å². The van der Waals surface area contributed by atoms with E-state index in [9.17, 15) is 9.59 Å². The summed E-state index contributed by atoms with van der Waals surface area (Å²) in [6.45, 7) is 8.61. The van der Waals surface area contributed by atoms with Crippen molar-refractivity contribution in [3.8, 4) is 11.1 Å². The molecule has 7 heteroatoms. The highest BCUT2D eigenvalue weighted by molar-refractivity contribution is 7.18. The van der Waals surface area contributed by atoms with Crippen molar-refractivity contribution < 1.29 is 19.1 Å². The van der Waals surface area contributed by atoms with Crippen LogP contribution < -0.4 is 10.2 Å². The molecule has 156 valence electrons. The molecule has 1 saturated heterocycles. The second-order valence-electron chi connectivity index (χ2n) is 7.47. The van der Waals surface area contributed by atoms with Gasteiger partial charge in [0.05, 0.1) is 18.2 Å². The molecule has 1 fully saturated rings. The molecule has 0 unspecified atom stereocenters. The van der Waals surface area contributed by atoms with E-state index in [2.05, 4.69) is 10.2 Å². The second-order valence-corrected chi connectivity index (χ2v) is 8.50. The van der Waals surface area contributed by atoms with Crippen LogP contribution in [-0.4, -0.2) is 50.8 Å². The molecule has 2 aromatic rings. The summed E-state index contributed by atoms with van der Waals surface area (Å²) in [5, 5.41) is 3.88. The highest BCUT2D eigenvalue weighted by atomic mass is 32.1. The van der Waals surface area contributed by atoms with Crippen LogP contribution in [0.5, 0.6) is 0 Å². The minimum Gasteiger partial charge on any atom is -0.451 e. The van der Waals surface area contributed by atoms with Crippen molar-refractivity contribution in [2.45, 2.75) is 26.8 Å². The Hall–Kier alpha value is -2.38. The molecule has 1 aliphatic rings. The molecular weight excluding hydrogens is 388 g/mol. The van der Waals surface area contributed by atoms with E-state index in [4.69, 9.17) is 9.47 Å². The number of anilines is 1. The largest absolute Gasteiger partial charge is 0.451 e. The molecule has 1 aromatic heterocycles. The molecule has 0 aliphatic carbocycles. The number of carbonyl (C=O) groups is 2. The number of benzene rings is 1. The van der Waals surface area contributed by atoms with Crippen molar-refractivity contribution >= 4 is 28.2 Å². The number of hydrogen-bond acceptors (Lipinski definition) is 6. The Labute approximate surface area is 175 Å². The van der Waals surface area contributed by atoms with Crippen LogP contribution in [0.1, 0.15) is 30.4 Å². The number of nitrogens with one attached hydrogen (secondary N) is 1. The summed E-state index contributed by atoms with van der Waals surface area (Å²) in [5.41, 5.74) is 2.05. The third-order valence-electron chi connectivity index (χ3n) is 5.02. The molecule has 0 saturated carbocycles. The molecule has 3 rings (SSSR count). The zero-order valence-electron chi connectivity index (χ0n) is 17.1. The summed E-state index contributed by atoms with van der Waals surface area (Å²) in [6, 6.07) is 11.9. The molecule has 0 bridgehead atoms. The third-order valence-corrected chi connectivity index (χ3v) is 6.20. The molecule has 0 radical (unpaired) electrons. The number of nitrogens with zero attached hydrogens (tertiary/aromatic N) is 1. The van der Waals surface area contributed by atoms with Gasteiger partial charge in [-0.1, -0.05) is 44.2 Å². The quantitative estimate of drug-likeness (QED) is 0.699. The van der Waals surface area contributed by atoms with E-state index in [0.29, 0.717) is 24.0 Å². The topological polar surface area (TPSA) is 67.9 Å². The summed E-state index contributed by atoms with van der Waals surface area (Å²) >= 11 is 1.40. The number of morpholine rings is 1. The first-order chi connectivity index (χ1) is 14.0. The molecule has 2 heterocycles. The lowest BCUT2D eigenvalue weighted by Crippen LogP contribution is -2.38. The zero-order chi connectivity index (χ0) is 20.8. The Morgan fingerprint density at radius 1 is 1.17 bits per heavy atom. The van der Waals surface area contributed by atoms with Gasteiger partial charge in [0.2, 0.25) is 0 Å². The van der Waals surface area contributed by atoms with Crippen LogP contribution in [0, 0.1) is 5.92 Å². The van der Waals surface area contributed by atoms with Crippen molar-refractivity contribution in [2.24, 2.45) is 5.92 Å². The Kier molecular flexibility index (Phi) is 7.28. The maximum absolute atomic E-state index is 12.6. The highest BCUT2D eigenvalue weighted by Crippen LogP contribution is 2.39. The van der Waals surface area contributed by atoms with Crippen LogP contribution in [0.15, 0.2) is 36.4 Å². The maximum Gasteiger partial charge on any atom is 0.348 e. The summed E-state index contributed by atoms with van der Waals surface area (Å²) in [4.78, 5) is 27.4. The van der Waals surface area contributed by atoms with E-state index >= 15 is 0 Å². The minimum absolute atomic E-state index is 0.0283. The smallest absolute Gasteiger partial charge is 0.348 e. The monoisotopic (exact) mass is 416 g/mol. The fraction of sp³-hybridized carbons (Fsp3) is 0.455. The molecule has 1 atom stereocenters. The van der Waals surface area contributed by atoms with Crippen molar-refractivity contribution in [2.75, 3.05) is 37.8 Å². The van der Waals surface area contributed by atoms with E-state index in [0.717, 1.165) is 29.2 Å². The summed E-state index contributed by atoms with van der Waals surface area (Å²) in [6.07, 6.45) is 0. The molecule has 1 aromatic carbocycles. The summed E-state index contributed by atoms with van der Waals surface area (Å²) in [5.74, 6) is -0.441. The third kappa shape index (κ3) is 5.58. The number of esters is 1. The molecule has 1 amide bonds. The van der Waals surface area contributed by atoms with Gasteiger partial charge in [-0.15, -0.1) is 11.3 Å². The molecular formula is C22H28N2O4S. The van der Waals surface area contributed by atoms with Gasteiger partial charge >= 0.3 is 5.97 Å². The maximum atomic E-state index is 12.6. The van der Waals surface area contributed by atoms with Gasteiger partial charge < -0.3 is 19.7 Å². The molecule has 29 heavy (non-hydrogen) atoms. The van der Waals surface area contributed by atoms with E-state index in [1.165, 1.54) is 11.3 Å². The Morgan fingerprint density at radius 2 is 1.86 bits per heavy atom. The first-order valence-electron chi connectivity index (χ1n) is 9.94. The number of hydrogen-bond donors (Lipinski definition) is 1. The molecule has 1 aliphatic heterocycles. The number of thiophene rings is 1. The Morgan fingerprint density at radius 3 is 2.52 bits per heavy atom. The van der Waals surface area contributed by atoms with Crippen molar-refractivity contribution in [3.63, 3.8) is 0 Å². The predicted octanol–water partition coefficient (Wildman–Crippen LogP) is 3.57. The molecule has 6 nitrogen and oxygen atoms in total. The van der Waals surface area contributed by atoms with E-state index in [1.807, 2.05) is 57.2 Å². The highest BCUT2D eigenvalue weighted by Gasteiger charge is 2.23. The number of amides is 1. The Balaban J connectivity index is 1.74. The van der Waals surface area contributed by atoms with Crippen molar-refractivity contribution in [1.29, 1.82) is 0 Å². The SMILES string of the molecule is CC(C)[C@@H](C)NC(=O)COC(=O)c1cc(-c2ccccc2)c(N2CCOCC2)s1. The van der Waals surface area contributed by atoms with Gasteiger partial charge in [0.25, 0.3) is 5.91 Å². The van der Waals surface area contributed by atoms with Crippen LogP contribution in [0.3, 0.4) is 0 Å². The summed E-state index contributed by atoms with van der Waals surface area (Å²) in [7, 11) is 0. The van der Waals surface area contributed by atoms with Gasteiger partial charge in [0, 0.05) is 24.7 Å². The first kappa shape index (κ1) is 21.3. The minimum atomic E-state index is -0.473. The van der Waals surface area contributed by atoms with E-state index in [-0.39, 0.29) is 18.6 Å². The number of rotatable bonds is 7. The normalized spacial score (nSPS) is 15.2. The molecule has 1 N–H and O–H groups in total. The number of ether oxygens (including phenoxy) is 2. The lowest BCUT2D eigenvalue weighted by Gasteiger charge is -2.28. The first-order valence-corrected chi connectivity index (χ1v) is 10.8. The van der Waals surface area contributed by atoms with E-state index in [1.54, 1.807) is 0 Å². The number of carbonyl (C=O) groups excluding carboxylic acids is 2. The van der Waals surface area contributed by atoms with Gasteiger partial charge in [-0.3, -0.25) is 4.79 Å². The average Bonchev–Trinajstić information content (AvgIpc) is 3.19. The zero-order valence-corrected chi connectivity index (χ0v) is 18.0. The van der Waals surface area contributed by atoms with Gasteiger partial charge in [0.1, 0.15) is 4.88 Å². The van der Waals surface area contributed by atoms with E-state index < -0.39 is 5.97 Å². The lowest BCUT2D eigenvalue weighted by molar-refractivity contribution is -0.125. The van der Waals surface area contributed by atoms with Gasteiger partial charge in [0.15, 0.2) is 6.61 Å². The standard InChI is InChI=1S/C22H28N2O4S/c1-15(2)16(3)23-20(25)14-28-22(26)19-13-18(17-7-5-4-6-8-17)21(29-19)24-9-11-27-12-10-24/h4-8,13,15-16H,9-12,14H2,1-3H3,(H,23,25)/t16-/m1/s1. The average molecular weight is 417 g/mol. The van der Waals surface area contributed by atoms with Crippen LogP contribution in [0.2, 0.25) is 0 Å². The van der Waals surface area contributed by atoms with Crippen LogP contribution in [0.4, 0.5) is 5.00 Å². The predicted molar refractivity (Wildman–Crippen MR) is 116 cm³/mol. The Bertz CT molecular complexity index is 829. The second kappa shape index (κ2) is 9.89. The van der Waals surface area contributed by atoms with Crippen LogP contribution in [0.25, 0.3) is 11.1 Å². The lowest BCUT2D eigenvalue weighted by atomic mass is 10.1. The fourth-order valence-electron chi connectivity index (χ4n) is 2.97. The van der Waals surface area contributed by atoms with Crippen molar-refractivity contribution in [3.05, 3.63) is 41.3 Å². The van der Waals surface area contributed by atoms with Crippen molar-refractivity contribution in [1.82, 2.24) is 5.32 Å². The summed E-state index contributed by atoms with van der Waals surface area (Å²) < 4.78 is 10.7. The fourth-order valence-corrected chi connectivity index (χ4v) is 4.10. The van der Waals surface area contributed by atoms with Crippen LogP contribution >= 0.6 is 11.3 Å². The van der Waals surface area contributed by atoms with Gasteiger partial charge in [-0.05, 0) is 24.5 Å². The van der Waals surface area contributed by atoms with Gasteiger partial charge in [-0.25, -0.2) is 4.79 Å².